The number of nitriles is 1. The SMILES string of the molecule is N#Cc1cc(C(F)F)c(S(=O)(=O)Cl)nc1[N+](=O)[O-]. The fourth-order valence-corrected chi connectivity index (χ4v) is 2.07. The third-order valence-corrected chi connectivity index (χ3v) is 2.98. The number of nitrogens with zero attached hydrogens (tertiary/aromatic N) is 3. The van der Waals surface area contributed by atoms with Crippen LogP contribution < -0.4 is 0 Å². The number of hydrogen-bond donors (Lipinski definition) is 0. The number of alkyl halides is 2. The van der Waals surface area contributed by atoms with Crippen molar-refractivity contribution in [2.24, 2.45) is 0 Å². The zero-order valence-corrected chi connectivity index (χ0v) is 9.74. The number of halogens is 3. The second kappa shape index (κ2) is 4.79. The monoisotopic (exact) mass is 297 g/mol. The smallest absolute Gasteiger partial charge is 0.358 e. The molecule has 0 aliphatic rings. The zero-order valence-electron chi connectivity index (χ0n) is 8.17. The fourth-order valence-electron chi connectivity index (χ4n) is 1.08. The standard InChI is InChI=1S/C7H2ClF2N3O4S/c8-18(16,17)7-4(5(9)10)1-3(2-11)6(12-7)13(14)15/h1,5H. The zero-order chi connectivity index (χ0) is 14.1. The van der Waals surface area contributed by atoms with Crippen LogP contribution in [0, 0.1) is 21.4 Å². The molecule has 18 heavy (non-hydrogen) atoms. The first-order valence-electron chi connectivity index (χ1n) is 4.00. The minimum atomic E-state index is -4.69. The highest BCUT2D eigenvalue weighted by Gasteiger charge is 2.33. The van der Waals surface area contributed by atoms with Crippen LogP contribution in [0.15, 0.2) is 11.1 Å². The highest BCUT2D eigenvalue weighted by molar-refractivity contribution is 8.13. The van der Waals surface area contributed by atoms with E-state index in [0.29, 0.717) is 6.07 Å². The molecule has 0 radical (unpaired) electrons. The van der Waals surface area contributed by atoms with Gasteiger partial charge in [0, 0.05) is 10.7 Å². The molecule has 0 aliphatic carbocycles. The predicted octanol–water partition coefficient (Wildman–Crippen LogP) is 1.73. The summed E-state index contributed by atoms with van der Waals surface area (Å²) in [5, 5.41) is 17.7. The Labute approximate surface area is 103 Å². The van der Waals surface area contributed by atoms with Gasteiger partial charge in [-0.25, -0.2) is 17.2 Å². The predicted molar refractivity (Wildman–Crippen MR) is 53.6 cm³/mol. The molecule has 1 heterocycles. The highest BCUT2D eigenvalue weighted by Crippen LogP contribution is 2.31. The van der Waals surface area contributed by atoms with Crippen molar-refractivity contribution in [1.29, 1.82) is 5.26 Å². The van der Waals surface area contributed by atoms with E-state index in [1.807, 2.05) is 0 Å². The molecule has 1 rings (SSSR count). The molecule has 0 saturated heterocycles. The van der Waals surface area contributed by atoms with Crippen LogP contribution in [0.1, 0.15) is 17.6 Å². The van der Waals surface area contributed by atoms with Crippen LogP contribution in [-0.4, -0.2) is 18.3 Å². The van der Waals surface area contributed by atoms with Crippen molar-refractivity contribution in [3.05, 3.63) is 27.3 Å². The molecule has 96 valence electrons. The first kappa shape index (κ1) is 14.2. The molecule has 0 spiro atoms. The lowest BCUT2D eigenvalue weighted by Gasteiger charge is -2.03. The Morgan fingerprint density at radius 1 is 1.56 bits per heavy atom. The van der Waals surface area contributed by atoms with E-state index in [4.69, 9.17) is 15.9 Å². The molecule has 0 unspecified atom stereocenters. The molecule has 0 saturated carbocycles. The molecule has 0 aromatic carbocycles. The van der Waals surface area contributed by atoms with Gasteiger partial charge in [0.25, 0.3) is 11.5 Å². The van der Waals surface area contributed by atoms with Crippen molar-refractivity contribution in [2.45, 2.75) is 11.5 Å². The normalized spacial score (nSPS) is 11.3. The van der Waals surface area contributed by atoms with Gasteiger partial charge >= 0.3 is 14.9 Å². The summed E-state index contributed by atoms with van der Waals surface area (Å²) in [5.41, 5.74) is -1.94. The highest BCUT2D eigenvalue weighted by atomic mass is 35.7. The van der Waals surface area contributed by atoms with Crippen LogP contribution >= 0.6 is 10.7 Å². The van der Waals surface area contributed by atoms with E-state index in [-0.39, 0.29) is 0 Å². The number of nitro groups is 1. The molecule has 7 nitrogen and oxygen atoms in total. The minimum absolute atomic E-state index is 0.380. The van der Waals surface area contributed by atoms with Crippen LogP contribution in [0.4, 0.5) is 14.6 Å². The Morgan fingerprint density at radius 3 is 2.44 bits per heavy atom. The Hall–Kier alpha value is -1.86. The first-order valence-corrected chi connectivity index (χ1v) is 6.31. The summed E-state index contributed by atoms with van der Waals surface area (Å²) >= 11 is 0. The lowest BCUT2D eigenvalue weighted by molar-refractivity contribution is -0.390. The van der Waals surface area contributed by atoms with Gasteiger partial charge in [-0.2, -0.15) is 5.26 Å². The molecule has 0 aliphatic heterocycles. The van der Waals surface area contributed by atoms with E-state index in [1.165, 1.54) is 6.07 Å². The quantitative estimate of drug-likeness (QED) is 0.477. The second-order valence-electron chi connectivity index (χ2n) is 2.86. The molecule has 11 heteroatoms. The lowest BCUT2D eigenvalue weighted by Crippen LogP contribution is -2.07. The van der Waals surface area contributed by atoms with Gasteiger partial charge in [0.15, 0.2) is 5.56 Å². The molecular weight excluding hydrogens is 296 g/mol. The van der Waals surface area contributed by atoms with Crippen LogP contribution in [0.5, 0.6) is 0 Å². The van der Waals surface area contributed by atoms with E-state index in [9.17, 15) is 27.3 Å². The van der Waals surface area contributed by atoms with Crippen LogP contribution in [0.3, 0.4) is 0 Å². The molecule has 0 atom stereocenters. The molecule has 0 fully saturated rings. The van der Waals surface area contributed by atoms with Crippen molar-refractivity contribution in [1.82, 2.24) is 4.98 Å². The first-order chi connectivity index (χ1) is 8.18. The summed E-state index contributed by atoms with van der Waals surface area (Å²) in [6.45, 7) is 0. The maximum Gasteiger partial charge on any atom is 0.382 e. The average Bonchev–Trinajstić information content (AvgIpc) is 2.25. The van der Waals surface area contributed by atoms with E-state index in [1.54, 1.807) is 0 Å². The summed E-state index contributed by atoms with van der Waals surface area (Å²) < 4.78 is 47.1. The maximum absolute atomic E-state index is 12.6. The van der Waals surface area contributed by atoms with Crippen molar-refractivity contribution >= 4 is 25.6 Å². The largest absolute Gasteiger partial charge is 0.382 e. The Bertz CT molecular complexity index is 655. The van der Waals surface area contributed by atoms with Gasteiger partial charge < -0.3 is 10.1 Å². The topological polar surface area (TPSA) is 114 Å². The van der Waals surface area contributed by atoms with Crippen molar-refractivity contribution in [3.63, 3.8) is 0 Å². The van der Waals surface area contributed by atoms with Crippen molar-refractivity contribution in [2.75, 3.05) is 0 Å². The van der Waals surface area contributed by atoms with Gasteiger partial charge in [-0.15, -0.1) is 0 Å². The summed E-state index contributed by atoms with van der Waals surface area (Å²) in [6.07, 6.45) is -3.30. The third kappa shape index (κ3) is 2.69. The van der Waals surface area contributed by atoms with Crippen LogP contribution in [-0.2, 0) is 9.05 Å². The molecule has 0 N–H and O–H groups in total. The minimum Gasteiger partial charge on any atom is -0.358 e. The maximum atomic E-state index is 12.6. The molecule has 0 amide bonds. The van der Waals surface area contributed by atoms with Gasteiger partial charge in [0.05, 0.1) is 5.56 Å². The number of hydrogen-bond acceptors (Lipinski definition) is 6. The third-order valence-electron chi connectivity index (χ3n) is 1.75. The summed E-state index contributed by atoms with van der Waals surface area (Å²) in [6, 6.07) is 1.66. The number of pyridine rings is 1. The number of rotatable bonds is 3. The molecule has 1 aromatic rings. The lowest BCUT2D eigenvalue weighted by atomic mass is 10.2. The van der Waals surface area contributed by atoms with Gasteiger partial charge in [-0.1, -0.05) is 0 Å². The summed E-state index contributed by atoms with van der Waals surface area (Å²) in [5.74, 6) is -1.15. The van der Waals surface area contributed by atoms with Crippen LogP contribution in [0.2, 0.25) is 0 Å². The van der Waals surface area contributed by atoms with Gasteiger partial charge in [0.2, 0.25) is 0 Å². The summed E-state index contributed by atoms with van der Waals surface area (Å²) in [7, 11) is 0.159. The fraction of sp³-hybridized carbons (Fsp3) is 0.143. The van der Waals surface area contributed by atoms with Gasteiger partial charge in [-0.3, -0.25) is 0 Å². The molecule has 1 aromatic heterocycles. The van der Waals surface area contributed by atoms with Crippen molar-refractivity contribution in [3.8, 4) is 6.07 Å². The molecular formula is C7H2ClF2N3O4S. The number of aromatic nitrogens is 1. The average molecular weight is 298 g/mol. The van der Waals surface area contributed by atoms with Crippen molar-refractivity contribution < 1.29 is 22.1 Å². The molecule has 0 bridgehead atoms. The van der Waals surface area contributed by atoms with E-state index < -0.39 is 42.4 Å². The van der Waals surface area contributed by atoms with Gasteiger partial charge in [0.1, 0.15) is 6.07 Å². The van der Waals surface area contributed by atoms with Crippen LogP contribution in [0.25, 0.3) is 0 Å². The van der Waals surface area contributed by atoms with E-state index in [2.05, 4.69) is 4.98 Å². The Balaban J connectivity index is 3.76. The van der Waals surface area contributed by atoms with Gasteiger partial charge in [-0.05, 0) is 16.0 Å². The second-order valence-corrected chi connectivity index (χ2v) is 5.34. The Kier molecular flexibility index (Phi) is 3.78. The van der Waals surface area contributed by atoms with E-state index in [0.717, 1.165) is 0 Å². The Morgan fingerprint density at radius 2 is 2.11 bits per heavy atom. The summed E-state index contributed by atoms with van der Waals surface area (Å²) in [4.78, 5) is 12.3. The van der Waals surface area contributed by atoms with E-state index >= 15 is 0 Å².